The highest BCUT2D eigenvalue weighted by atomic mass is 14.3. The molecule has 0 spiro atoms. The fraction of sp³-hybridized carbons (Fsp3) is 0.333. The van der Waals surface area contributed by atoms with Crippen molar-refractivity contribution in [2.75, 3.05) is 0 Å². The zero-order chi connectivity index (χ0) is 12.5. The zero-order valence-corrected chi connectivity index (χ0v) is 11.2. The third kappa shape index (κ3) is 2.08. The molecule has 2 aromatic carbocycles. The van der Waals surface area contributed by atoms with Crippen LogP contribution < -0.4 is 0 Å². The van der Waals surface area contributed by atoms with Crippen molar-refractivity contribution in [3.05, 3.63) is 70.3 Å². The highest BCUT2D eigenvalue weighted by Crippen LogP contribution is 2.34. The fourth-order valence-electron chi connectivity index (χ4n) is 2.97. The van der Waals surface area contributed by atoms with E-state index in [9.17, 15) is 0 Å². The molecule has 0 amide bonds. The van der Waals surface area contributed by atoms with E-state index in [0.717, 1.165) is 6.42 Å². The van der Waals surface area contributed by atoms with Gasteiger partial charge in [0.1, 0.15) is 0 Å². The highest BCUT2D eigenvalue weighted by Gasteiger charge is 2.22. The molecule has 1 aliphatic carbocycles. The Kier molecular flexibility index (Phi) is 2.95. The smallest absolute Gasteiger partial charge is 0.00808 e. The van der Waals surface area contributed by atoms with Crippen molar-refractivity contribution in [2.24, 2.45) is 0 Å². The van der Waals surface area contributed by atoms with Gasteiger partial charge in [-0.1, -0.05) is 55.0 Å². The molecule has 0 bridgehead atoms. The van der Waals surface area contributed by atoms with Crippen molar-refractivity contribution < 1.29 is 0 Å². The van der Waals surface area contributed by atoms with Crippen molar-refractivity contribution in [1.82, 2.24) is 0 Å². The summed E-state index contributed by atoms with van der Waals surface area (Å²) in [7, 11) is 0. The van der Waals surface area contributed by atoms with Crippen molar-refractivity contribution in [3.63, 3.8) is 0 Å². The minimum atomic E-state index is 0.688. The zero-order valence-electron chi connectivity index (χ0n) is 11.2. The quantitative estimate of drug-likeness (QED) is 0.723. The average molecular weight is 236 g/mol. The molecule has 0 radical (unpaired) electrons. The Bertz CT molecular complexity index is 549. The minimum Gasteiger partial charge on any atom is -0.0613 e. The van der Waals surface area contributed by atoms with Gasteiger partial charge in [0.15, 0.2) is 0 Å². The van der Waals surface area contributed by atoms with Crippen LogP contribution in [0.2, 0.25) is 0 Å². The summed E-state index contributed by atoms with van der Waals surface area (Å²) in [6, 6.07) is 16.1. The van der Waals surface area contributed by atoms with Gasteiger partial charge in [0.2, 0.25) is 0 Å². The topological polar surface area (TPSA) is 0 Å². The Labute approximate surface area is 110 Å². The van der Waals surface area contributed by atoms with Crippen LogP contribution in [0, 0.1) is 6.92 Å². The normalized spacial score (nSPS) is 17.8. The van der Waals surface area contributed by atoms with E-state index in [-0.39, 0.29) is 0 Å². The fourth-order valence-corrected chi connectivity index (χ4v) is 2.97. The van der Waals surface area contributed by atoms with Crippen LogP contribution in [-0.4, -0.2) is 0 Å². The van der Waals surface area contributed by atoms with Gasteiger partial charge >= 0.3 is 0 Å². The van der Waals surface area contributed by atoms with Gasteiger partial charge in [0.25, 0.3) is 0 Å². The summed E-state index contributed by atoms with van der Waals surface area (Å²) in [5, 5.41) is 0. The summed E-state index contributed by atoms with van der Waals surface area (Å²) >= 11 is 0. The minimum absolute atomic E-state index is 0.688. The molecule has 3 rings (SSSR count). The van der Waals surface area contributed by atoms with E-state index in [4.69, 9.17) is 0 Å². The maximum atomic E-state index is 2.41. The van der Waals surface area contributed by atoms with E-state index in [0.29, 0.717) is 5.92 Å². The number of aryl methyl sites for hydroxylation is 2. The predicted molar refractivity (Wildman–Crippen MR) is 77.1 cm³/mol. The van der Waals surface area contributed by atoms with E-state index in [1.807, 2.05) is 0 Å². The van der Waals surface area contributed by atoms with Gasteiger partial charge in [-0.15, -0.1) is 0 Å². The lowest BCUT2D eigenvalue weighted by Gasteiger charge is -2.09. The molecule has 0 nitrogen and oxygen atoms in total. The summed E-state index contributed by atoms with van der Waals surface area (Å²) in [5.74, 6) is 0.688. The van der Waals surface area contributed by atoms with Crippen LogP contribution in [0.5, 0.6) is 0 Å². The third-order valence-electron chi connectivity index (χ3n) is 4.16. The van der Waals surface area contributed by atoms with Gasteiger partial charge in [-0.25, -0.2) is 0 Å². The van der Waals surface area contributed by atoms with Crippen molar-refractivity contribution in [3.8, 4) is 0 Å². The van der Waals surface area contributed by atoms with Crippen LogP contribution in [-0.2, 0) is 19.3 Å². The molecule has 0 saturated carbocycles. The SMILES string of the molecule is CCc1ccc2c(c1)CC(c1ccc(C)cc1)C2. The Morgan fingerprint density at radius 1 is 0.944 bits per heavy atom. The van der Waals surface area contributed by atoms with Crippen molar-refractivity contribution in [2.45, 2.75) is 39.0 Å². The van der Waals surface area contributed by atoms with E-state index in [1.165, 1.54) is 29.5 Å². The van der Waals surface area contributed by atoms with Gasteiger partial charge in [0, 0.05) is 0 Å². The van der Waals surface area contributed by atoms with Crippen LogP contribution >= 0.6 is 0 Å². The number of fused-ring (bicyclic) bond motifs is 1. The van der Waals surface area contributed by atoms with E-state index in [1.54, 1.807) is 11.1 Å². The molecule has 92 valence electrons. The number of hydrogen-bond acceptors (Lipinski definition) is 0. The van der Waals surface area contributed by atoms with Crippen LogP contribution in [0.25, 0.3) is 0 Å². The van der Waals surface area contributed by atoms with E-state index < -0.39 is 0 Å². The molecule has 1 aliphatic rings. The second-order valence-electron chi connectivity index (χ2n) is 5.47. The molecular formula is C18H20. The molecule has 0 aliphatic heterocycles. The molecule has 1 atom stereocenters. The summed E-state index contributed by atoms with van der Waals surface area (Å²) in [6.07, 6.45) is 3.57. The first kappa shape index (κ1) is 11.5. The summed E-state index contributed by atoms with van der Waals surface area (Å²) in [6.45, 7) is 4.38. The highest BCUT2D eigenvalue weighted by molar-refractivity contribution is 5.40. The van der Waals surface area contributed by atoms with Crippen LogP contribution in [0.4, 0.5) is 0 Å². The van der Waals surface area contributed by atoms with Crippen molar-refractivity contribution in [1.29, 1.82) is 0 Å². The number of rotatable bonds is 2. The van der Waals surface area contributed by atoms with Gasteiger partial charge in [-0.3, -0.25) is 0 Å². The maximum Gasteiger partial charge on any atom is -0.00808 e. The lowest BCUT2D eigenvalue weighted by molar-refractivity contribution is 0.741. The lowest BCUT2D eigenvalue weighted by atomic mass is 9.95. The molecule has 2 aromatic rings. The standard InChI is InChI=1S/C18H20/c1-3-14-6-9-16-11-18(12-17(16)10-14)15-7-4-13(2)5-8-15/h4-10,18H,3,11-12H2,1-2H3. The molecule has 0 saturated heterocycles. The van der Waals surface area contributed by atoms with Crippen LogP contribution in [0.3, 0.4) is 0 Å². The van der Waals surface area contributed by atoms with Gasteiger partial charge < -0.3 is 0 Å². The van der Waals surface area contributed by atoms with Crippen LogP contribution in [0.15, 0.2) is 42.5 Å². The molecule has 0 aromatic heterocycles. The Morgan fingerprint density at radius 3 is 2.39 bits per heavy atom. The Balaban J connectivity index is 1.86. The predicted octanol–water partition coefficient (Wildman–Crippen LogP) is 4.44. The second-order valence-corrected chi connectivity index (χ2v) is 5.47. The molecule has 18 heavy (non-hydrogen) atoms. The third-order valence-corrected chi connectivity index (χ3v) is 4.16. The van der Waals surface area contributed by atoms with E-state index in [2.05, 4.69) is 56.3 Å². The Morgan fingerprint density at radius 2 is 1.67 bits per heavy atom. The molecule has 0 heterocycles. The average Bonchev–Trinajstić information content (AvgIpc) is 2.82. The summed E-state index contributed by atoms with van der Waals surface area (Å²) in [5.41, 5.74) is 7.44. The van der Waals surface area contributed by atoms with Crippen LogP contribution in [0.1, 0.15) is 40.7 Å². The van der Waals surface area contributed by atoms with Gasteiger partial charge in [0.05, 0.1) is 0 Å². The number of hydrogen-bond donors (Lipinski definition) is 0. The largest absolute Gasteiger partial charge is 0.0613 e. The summed E-state index contributed by atoms with van der Waals surface area (Å²) in [4.78, 5) is 0. The first-order valence-electron chi connectivity index (χ1n) is 6.93. The maximum absolute atomic E-state index is 2.41. The molecule has 1 unspecified atom stereocenters. The first-order chi connectivity index (χ1) is 8.76. The van der Waals surface area contributed by atoms with Gasteiger partial charge in [-0.05, 0) is 54.4 Å². The molecule has 0 heteroatoms. The Hall–Kier alpha value is -1.56. The number of benzene rings is 2. The molecule has 0 fully saturated rings. The second kappa shape index (κ2) is 4.61. The first-order valence-corrected chi connectivity index (χ1v) is 6.93. The van der Waals surface area contributed by atoms with Gasteiger partial charge in [-0.2, -0.15) is 0 Å². The lowest BCUT2D eigenvalue weighted by Crippen LogP contribution is -1.97. The van der Waals surface area contributed by atoms with Crippen molar-refractivity contribution >= 4 is 0 Å². The molecule has 0 N–H and O–H groups in total. The van der Waals surface area contributed by atoms with E-state index >= 15 is 0 Å². The molecular weight excluding hydrogens is 216 g/mol. The monoisotopic (exact) mass is 236 g/mol. The summed E-state index contributed by atoms with van der Waals surface area (Å²) < 4.78 is 0.